The molecule has 33 heavy (non-hydrogen) atoms. The van der Waals surface area contributed by atoms with Gasteiger partial charge < -0.3 is 9.32 Å². The van der Waals surface area contributed by atoms with Gasteiger partial charge in [0.05, 0.1) is 31.1 Å². The van der Waals surface area contributed by atoms with Crippen molar-refractivity contribution in [1.29, 1.82) is 0 Å². The van der Waals surface area contributed by atoms with Gasteiger partial charge in [-0.3, -0.25) is 0 Å². The van der Waals surface area contributed by atoms with E-state index in [1.54, 1.807) is 10.4 Å². The van der Waals surface area contributed by atoms with Crippen LogP contribution in [-0.4, -0.2) is 38.9 Å². The lowest BCUT2D eigenvalue weighted by Crippen LogP contribution is -3.13. The Bertz CT molecular complexity index is 1380. The van der Waals surface area contributed by atoms with Gasteiger partial charge in [0.1, 0.15) is 12.1 Å². The van der Waals surface area contributed by atoms with Crippen molar-refractivity contribution < 1.29 is 17.7 Å². The first-order valence-corrected chi connectivity index (χ1v) is 12.9. The van der Waals surface area contributed by atoms with Crippen molar-refractivity contribution in [3.05, 3.63) is 73.1 Å². The number of nitrogens with zero attached hydrogens (tertiary/aromatic N) is 1. The molecule has 4 rings (SSSR count). The van der Waals surface area contributed by atoms with Gasteiger partial charge in [0.15, 0.2) is 0 Å². The Labute approximate surface area is 199 Å². The number of halogens is 1. The topological polar surface area (TPSA) is 72.0 Å². The smallest absolute Gasteiger partial charge is 0.336 e. The highest BCUT2D eigenvalue weighted by atomic mass is 35.5. The molecule has 0 spiro atoms. The molecular formula is C25H30ClN2O4S+. The molecule has 3 aromatic rings. The Balaban J connectivity index is 1.56. The van der Waals surface area contributed by atoms with E-state index in [1.807, 2.05) is 46.8 Å². The van der Waals surface area contributed by atoms with Crippen LogP contribution in [0.1, 0.15) is 33.4 Å². The van der Waals surface area contributed by atoms with Gasteiger partial charge in [-0.05, 0) is 74.6 Å². The highest BCUT2D eigenvalue weighted by Gasteiger charge is 2.33. The number of hydrogen-bond donors (Lipinski definition) is 1. The highest BCUT2D eigenvalue weighted by molar-refractivity contribution is 7.89. The number of hydrogen-bond acceptors (Lipinski definition) is 4. The predicted molar refractivity (Wildman–Crippen MR) is 131 cm³/mol. The molecule has 0 bridgehead atoms. The maximum absolute atomic E-state index is 13.5. The maximum Gasteiger partial charge on any atom is 0.336 e. The molecule has 0 radical (unpaired) electrons. The average molecular weight is 490 g/mol. The minimum absolute atomic E-state index is 0.388. The quantitative estimate of drug-likeness (QED) is 0.572. The van der Waals surface area contributed by atoms with Gasteiger partial charge in [-0.25, -0.2) is 13.2 Å². The van der Waals surface area contributed by atoms with E-state index in [4.69, 9.17) is 16.0 Å². The third-order valence-electron chi connectivity index (χ3n) is 6.87. The first-order chi connectivity index (χ1) is 15.5. The lowest BCUT2D eigenvalue weighted by atomic mass is 10.0. The fourth-order valence-electron chi connectivity index (χ4n) is 4.68. The van der Waals surface area contributed by atoms with Crippen LogP contribution in [0.4, 0.5) is 0 Å². The lowest BCUT2D eigenvalue weighted by molar-refractivity contribution is -0.917. The molecule has 1 aliphatic heterocycles. The second-order valence-electron chi connectivity index (χ2n) is 9.11. The molecule has 8 heteroatoms. The number of piperazine rings is 1. The van der Waals surface area contributed by atoms with Crippen LogP contribution in [0, 0.1) is 34.6 Å². The Morgan fingerprint density at radius 1 is 0.939 bits per heavy atom. The van der Waals surface area contributed by atoms with Crippen molar-refractivity contribution in [3.8, 4) is 0 Å². The zero-order valence-corrected chi connectivity index (χ0v) is 21.3. The molecule has 0 aliphatic carbocycles. The maximum atomic E-state index is 13.5. The number of rotatable bonds is 4. The molecule has 2 aromatic carbocycles. The summed E-state index contributed by atoms with van der Waals surface area (Å²) < 4.78 is 34.0. The normalized spacial score (nSPS) is 15.9. The summed E-state index contributed by atoms with van der Waals surface area (Å²) in [6, 6.07) is 7.19. The van der Waals surface area contributed by atoms with Crippen molar-refractivity contribution in [2.45, 2.75) is 46.1 Å². The zero-order valence-electron chi connectivity index (χ0n) is 19.7. The van der Waals surface area contributed by atoms with Crippen LogP contribution in [0.25, 0.3) is 11.0 Å². The van der Waals surface area contributed by atoms with Gasteiger partial charge in [-0.2, -0.15) is 4.31 Å². The van der Waals surface area contributed by atoms with Crippen molar-refractivity contribution in [2.24, 2.45) is 0 Å². The SMILES string of the molecule is Cc1cc2oc(=O)cc(C[NH+]3CCN(S(=O)(=O)c4c(C)c(C)cc(C)c4C)CC3)c2cc1Cl. The first-order valence-electron chi connectivity index (χ1n) is 11.1. The molecular weight excluding hydrogens is 460 g/mol. The van der Waals surface area contributed by atoms with E-state index >= 15 is 0 Å². The fraction of sp³-hybridized carbons (Fsp3) is 0.400. The van der Waals surface area contributed by atoms with Gasteiger partial charge in [-0.1, -0.05) is 17.7 Å². The van der Waals surface area contributed by atoms with Gasteiger partial charge in [0.2, 0.25) is 10.0 Å². The molecule has 0 atom stereocenters. The van der Waals surface area contributed by atoms with Crippen LogP contribution >= 0.6 is 11.6 Å². The van der Waals surface area contributed by atoms with E-state index in [0.29, 0.717) is 48.2 Å². The molecule has 0 amide bonds. The summed E-state index contributed by atoms with van der Waals surface area (Å²) in [6.45, 7) is 12.3. The Kier molecular flexibility index (Phi) is 6.44. The molecule has 176 valence electrons. The number of benzene rings is 2. The summed E-state index contributed by atoms with van der Waals surface area (Å²) in [7, 11) is -3.58. The largest absolute Gasteiger partial charge is 0.423 e. The average Bonchev–Trinajstić information content (AvgIpc) is 2.74. The molecule has 0 saturated carbocycles. The number of fused-ring (bicyclic) bond motifs is 1. The molecule has 1 aliphatic rings. The highest BCUT2D eigenvalue weighted by Crippen LogP contribution is 2.29. The van der Waals surface area contributed by atoms with Crippen LogP contribution in [0.2, 0.25) is 5.02 Å². The van der Waals surface area contributed by atoms with Crippen LogP contribution in [0.15, 0.2) is 38.4 Å². The Morgan fingerprint density at radius 3 is 2.15 bits per heavy atom. The zero-order chi connectivity index (χ0) is 24.1. The van der Waals surface area contributed by atoms with E-state index in [1.165, 1.54) is 11.0 Å². The fourth-order valence-corrected chi connectivity index (χ4v) is 6.86. The summed E-state index contributed by atoms with van der Waals surface area (Å²) >= 11 is 6.32. The van der Waals surface area contributed by atoms with Crippen LogP contribution < -0.4 is 10.5 Å². The van der Waals surface area contributed by atoms with Crippen molar-refractivity contribution in [3.63, 3.8) is 0 Å². The van der Waals surface area contributed by atoms with Gasteiger partial charge in [0, 0.05) is 22.0 Å². The minimum Gasteiger partial charge on any atom is -0.423 e. The molecule has 2 heterocycles. The Hall–Kier alpha value is -2.19. The van der Waals surface area contributed by atoms with E-state index in [-0.39, 0.29) is 5.63 Å². The van der Waals surface area contributed by atoms with E-state index in [9.17, 15) is 13.2 Å². The predicted octanol–water partition coefficient (Wildman–Crippen LogP) is 3.08. The minimum atomic E-state index is -3.58. The second kappa shape index (κ2) is 8.87. The molecule has 1 saturated heterocycles. The number of quaternary nitrogens is 1. The number of nitrogens with one attached hydrogen (secondary N) is 1. The van der Waals surface area contributed by atoms with E-state index in [0.717, 1.165) is 38.8 Å². The van der Waals surface area contributed by atoms with Gasteiger partial charge in [-0.15, -0.1) is 0 Å². The van der Waals surface area contributed by atoms with Crippen molar-refractivity contribution in [2.75, 3.05) is 26.2 Å². The second-order valence-corrected chi connectivity index (χ2v) is 11.4. The monoisotopic (exact) mass is 489 g/mol. The summed E-state index contributed by atoms with van der Waals surface area (Å²) in [5, 5.41) is 1.46. The molecule has 1 fully saturated rings. The van der Waals surface area contributed by atoms with Crippen LogP contribution in [-0.2, 0) is 16.6 Å². The summed E-state index contributed by atoms with van der Waals surface area (Å²) in [4.78, 5) is 13.8. The van der Waals surface area contributed by atoms with E-state index in [2.05, 4.69) is 0 Å². The molecule has 1 aromatic heterocycles. The molecule has 0 unspecified atom stereocenters. The number of aryl methyl sites for hydroxylation is 3. The first kappa shape index (κ1) is 24.0. The Morgan fingerprint density at radius 2 is 1.55 bits per heavy atom. The van der Waals surface area contributed by atoms with Gasteiger partial charge in [0.25, 0.3) is 0 Å². The standard InChI is InChI=1S/C25H29ClN2O4S/c1-15-10-16(2)19(5)25(18(15)4)33(30,31)28-8-6-27(7-9-28)14-20-12-24(29)32-23-11-17(3)22(26)13-21(20)23/h10-13H,6-9,14H2,1-5H3/p+1. The number of sulfonamides is 1. The van der Waals surface area contributed by atoms with Gasteiger partial charge >= 0.3 is 5.63 Å². The molecule has 6 nitrogen and oxygen atoms in total. The van der Waals surface area contributed by atoms with Crippen LogP contribution in [0.3, 0.4) is 0 Å². The lowest BCUT2D eigenvalue weighted by Gasteiger charge is -2.32. The third-order valence-corrected chi connectivity index (χ3v) is 9.45. The van der Waals surface area contributed by atoms with Crippen LogP contribution in [0.5, 0.6) is 0 Å². The third kappa shape index (κ3) is 4.47. The summed E-state index contributed by atoms with van der Waals surface area (Å²) in [6.07, 6.45) is 0. The van der Waals surface area contributed by atoms with Crippen molar-refractivity contribution >= 4 is 32.6 Å². The molecule has 1 N–H and O–H groups in total. The van der Waals surface area contributed by atoms with Crippen molar-refractivity contribution in [1.82, 2.24) is 4.31 Å². The summed E-state index contributed by atoms with van der Waals surface area (Å²) in [5.41, 5.74) is 5.49. The van der Waals surface area contributed by atoms with E-state index < -0.39 is 10.0 Å². The summed E-state index contributed by atoms with van der Waals surface area (Å²) in [5.74, 6) is 0.